The quantitative estimate of drug-likeness (QED) is 0.617. The standard InChI is InChI=1S/C14H17BrFNO4/c15-11-6-13(17(19)20)14(7-12(11)16)21-8-10(18)5-9-3-1-2-4-9/h6-7,9-10,18H,1-5,8H2. The van der Waals surface area contributed by atoms with Crippen molar-refractivity contribution in [3.8, 4) is 5.75 Å². The van der Waals surface area contributed by atoms with Gasteiger partial charge in [0.1, 0.15) is 12.4 Å². The van der Waals surface area contributed by atoms with E-state index < -0.39 is 16.8 Å². The van der Waals surface area contributed by atoms with Gasteiger partial charge in [-0.2, -0.15) is 0 Å². The summed E-state index contributed by atoms with van der Waals surface area (Å²) in [6, 6.07) is 2.03. The van der Waals surface area contributed by atoms with Crippen molar-refractivity contribution in [2.45, 2.75) is 38.2 Å². The topological polar surface area (TPSA) is 72.6 Å². The molecule has 1 saturated carbocycles. The number of aliphatic hydroxyl groups is 1. The number of nitrogens with zero attached hydrogens (tertiary/aromatic N) is 1. The molecule has 5 nitrogen and oxygen atoms in total. The molecule has 21 heavy (non-hydrogen) atoms. The minimum atomic E-state index is -0.695. The fraction of sp³-hybridized carbons (Fsp3) is 0.571. The van der Waals surface area contributed by atoms with Crippen LogP contribution in [-0.2, 0) is 0 Å². The molecule has 7 heteroatoms. The molecule has 1 atom stereocenters. The van der Waals surface area contributed by atoms with Crippen LogP contribution in [0.3, 0.4) is 0 Å². The van der Waals surface area contributed by atoms with E-state index in [0.29, 0.717) is 12.3 Å². The molecule has 0 bridgehead atoms. The number of benzene rings is 1. The smallest absolute Gasteiger partial charge is 0.312 e. The highest BCUT2D eigenvalue weighted by Gasteiger charge is 2.22. The van der Waals surface area contributed by atoms with Crippen LogP contribution in [0.1, 0.15) is 32.1 Å². The van der Waals surface area contributed by atoms with Crippen molar-refractivity contribution < 1.29 is 19.2 Å². The molecule has 0 amide bonds. The third kappa shape index (κ3) is 4.38. The van der Waals surface area contributed by atoms with Crippen LogP contribution in [0.4, 0.5) is 10.1 Å². The largest absolute Gasteiger partial charge is 0.484 e. The van der Waals surface area contributed by atoms with Crippen molar-refractivity contribution in [2.75, 3.05) is 6.61 Å². The zero-order valence-electron chi connectivity index (χ0n) is 11.4. The monoisotopic (exact) mass is 361 g/mol. The SMILES string of the molecule is O=[N+]([O-])c1cc(Br)c(F)cc1OCC(O)CC1CCCC1. The Hall–Kier alpha value is -1.21. The van der Waals surface area contributed by atoms with Gasteiger partial charge in [0.25, 0.3) is 0 Å². The van der Waals surface area contributed by atoms with Crippen LogP contribution in [0.25, 0.3) is 0 Å². The molecule has 0 saturated heterocycles. The van der Waals surface area contributed by atoms with Crippen molar-refractivity contribution in [3.63, 3.8) is 0 Å². The number of nitro groups is 1. The van der Waals surface area contributed by atoms with Crippen molar-refractivity contribution in [1.82, 2.24) is 0 Å². The van der Waals surface area contributed by atoms with E-state index in [1.165, 1.54) is 12.8 Å². The van der Waals surface area contributed by atoms with Gasteiger partial charge in [-0.3, -0.25) is 10.1 Å². The highest BCUT2D eigenvalue weighted by atomic mass is 79.9. The van der Waals surface area contributed by atoms with Crippen LogP contribution < -0.4 is 4.74 Å². The minimum absolute atomic E-state index is 0.00746. The van der Waals surface area contributed by atoms with Gasteiger partial charge in [0.2, 0.25) is 0 Å². The Balaban J connectivity index is 1.98. The average molecular weight is 362 g/mol. The molecular formula is C14H17BrFNO4. The summed E-state index contributed by atoms with van der Waals surface area (Å²) in [7, 11) is 0. The Labute approximate surface area is 130 Å². The number of halogens is 2. The van der Waals surface area contributed by atoms with E-state index in [2.05, 4.69) is 15.9 Å². The molecule has 2 rings (SSSR count). The second-order valence-electron chi connectivity index (χ2n) is 5.34. The molecule has 0 spiro atoms. The molecule has 1 aromatic carbocycles. The third-order valence-electron chi connectivity index (χ3n) is 3.71. The van der Waals surface area contributed by atoms with E-state index in [1.807, 2.05) is 0 Å². The fourth-order valence-electron chi connectivity index (χ4n) is 2.66. The van der Waals surface area contributed by atoms with Crippen LogP contribution in [0.2, 0.25) is 0 Å². The Kier molecular flexibility index (Phi) is 5.52. The Bertz CT molecular complexity index is 520. The van der Waals surface area contributed by atoms with Crippen molar-refractivity contribution in [1.29, 1.82) is 0 Å². The molecule has 1 aliphatic rings. The predicted molar refractivity (Wildman–Crippen MR) is 78.8 cm³/mol. The maximum atomic E-state index is 13.5. The summed E-state index contributed by atoms with van der Waals surface area (Å²) < 4.78 is 18.7. The first-order valence-corrected chi connectivity index (χ1v) is 7.71. The van der Waals surface area contributed by atoms with Gasteiger partial charge in [-0.15, -0.1) is 0 Å². The first-order valence-electron chi connectivity index (χ1n) is 6.91. The molecule has 1 aromatic rings. The second-order valence-corrected chi connectivity index (χ2v) is 6.20. The summed E-state index contributed by atoms with van der Waals surface area (Å²) >= 11 is 2.90. The van der Waals surface area contributed by atoms with E-state index in [-0.39, 0.29) is 22.5 Å². The lowest BCUT2D eigenvalue weighted by Gasteiger charge is -2.16. The van der Waals surface area contributed by atoms with E-state index in [9.17, 15) is 19.6 Å². The summed E-state index contributed by atoms with van der Waals surface area (Å²) in [5.74, 6) is -0.313. The molecule has 0 radical (unpaired) electrons. The van der Waals surface area contributed by atoms with Crippen LogP contribution in [0.15, 0.2) is 16.6 Å². The van der Waals surface area contributed by atoms with Gasteiger partial charge >= 0.3 is 5.69 Å². The Morgan fingerprint density at radius 3 is 2.76 bits per heavy atom. The number of ether oxygens (including phenoxy) is 1. The van der Waals surface area contributed by atoms with Crippen LogP contribution in [-0.4, -0.2) is 22.7 Å². The normalized spacial score (nSPS) is 16.9. The first-order chi connectivity index (χ1) is 9.97. The summed E-state index contributed by atoms with van der Waals surface area (Å²) in [5, 5.41) is 20.9. The van der Waals surface area contributed by atoms with Gasteiger partial charge in [-0.25, -0.2) is 4.39 Å². The van der Waals surface area contributed by atoms with Gasteiger partial charge in [0.05, 0.1) is 15.5 Å². The molecular weight excluding hydrogens is 345 g/mol. The van der Waals surface area contributed by atoms with E-state index in [0.717, 1.165) is 25.0 Å². The summed E-state index contributed by atoms with van der Waals surface area (Å²) in [6.45, 7) is -0.0710. The first kappa shape index (κ1) is 16.2. The lowest BCUT2D eigenvalue weighted by Crippen LogP contribution is -2.20. The average Bonchev–Trinajstić information content (AvgIpc) is 2.92. The van der Waals surface area contributed by atoms with Gasteiger partial charge in [0, 0.05) is 12.1 Å². The van der Waals surface area contributed by atoms with Crippen LogP contribution >= 0.6 is 15.9 Å². The van der Waals surface area contributed by atoms with Gasteiger partial charge in [-0.1, -0.05) is 25.7 Å². The summed E-state index contributed by atoms with van der Waals surface area (Å²) in [5.41, 5.74) is -0.323. The molecule has 1 N–H and O–H groups in total. The molecule has 116 valence electrons. The second kappa shape index (κ2) is 7.17. The third-order valence-corrected chi connectivity index (χ3v) is 4.32. The minimum Gasteiger partial charge on any atom is -0.484 e. The van der Waals surface area contributed by atoms with Crippen molar-refractivity contribution in [3.05, 3.63) is 32.5 Å². The van der Waals surface area contributed by atoms with Crippen LogP contribution in [0.5, 0.6) is 5.75 Å². The lowest BCUT2D eigenvalue weighted by atomic mass is 10.0. The maximum absolute atomic E-state index is 13.5. The number of hydrogen-bond acceptors (Lipinski definition) is 4. The maximum Gasteiger partial charge on any atom is 0.312 e. The fourth-order valence-corrected chi connectivity index (χ4v) is 2.99. The molecule has 0 heterocycles. The molecule has 0 aliphatic heterocycles. The zero-order valence-corrected chi connectivity index (χ0v) is 13.0. The van der Waals surface area contributed by atoms with Gasteiger partial charge < -0.3 is 9.84 Å². The van der Waals surface area contributed by atoms with Crippen LogP contribution in [0, 0.1) is 21.8 Å². The molecule has 1 unspecified atom stereocenters. The highest BCUT2D eigenvalue weighted by molar-refractivity contribution is 9.10. The predicted octanol–water partition coefficient (Wildman–Crippen LogP) is 3.82. The number of aliphatic hydroxyl groups excluding tert-OH is 1. The number of hydrogen-bond donors (Lipinski definition) is 1. The highest BCUT2D eigenvalue weighted by Crippen LogP contribution is 2.33. The Morgan fingerprint density at radius 1 is 1.48 bits per heavy atom. The lowest BCUT2D eigenvalue weighted by molar-refractivity contribution is -0.386. The molecule has 1 aliphatic carbocycles. The van der Waals surface area contributed by atoms with E-state index in [4.69, 9.17) is 4.74 Å². The molecule has 1 fully saturated rings. The van der Waals surface area contributed by atoms with Gasteiger partial charge in [0.15, 0.2) is 5.75 Å². The van der Waals surface area contributed by atoms with E-state index in [1.54, 1.807) is 0 Å². The summed E-state index contributed by atoms with van der Waals surface area (Å²) in [4.78, 5) is 10.3. The molecule has 0 aromatic heterocycles. The van der Waals surface area contributed by atoms with Crippen molar-refractivity contribution in [2.24, 2.45) is 5.92 Å². The zero-order chi connectivity index (χ0) is 15.4. The van der Waals surface area contributed by atoms with Crippen molar-refractivity contribution >= 4 is 21.6 Å². The van der Waals surface area contributed by atoms with Gasteiger partial charge in [-0.05, 0) is 28.3 Å². The number of rotatable bonds is 6. The van der Waals surface area contributed by atoms with E-state index >= 15 is 0 Å². The summed E-state index contributed by atoms with van der Waals surface area (Å²) in [6.07, 6.45) is 4.49. The number of nitro benzene ring substituents is 1. The Morgan fingerprint density at radius 2 is 2.14 bits per heavy atom.